The molecule has 4 N–H and O–H groups in total. The number of amides is 2. The Hall–Kier alpha value is -2.69. The van der Waals surface area contributed by atoms with Gasteiger partial charge in [0.1, 0.15) is 34.1 Å². The SMILES string of the molecule is CO/N=C(/C(=O)N[C@H]1C(=O)N2C(C(=O)O)=C(CSc3cnns3)CS[C@H]12)c1csc(N)n1. The minimum atomic E-state index is -1.19. The van der Waals surface area contributed by atoms with Crippen molar-refractivity contribution >= 4 is 75.0 Å². The summed E-state index contributed by atoms with van der Waals surface area (Å²) >= 11 is 5.14. The fourth-order valence-corrected chi connectivity index (χ4v) is 6.53. The number of β-lactam (4-membered cyclic amide) rings is 1. The maximum Gasteiger partial charge on any atom is 0.352 e. The molecule has 12 nitrogen and oxygen atoms in total. The summed E-state index contributed by atoms with van der Waals surface area (Å²) in [5, 5.41) is 21.1. The number of anilines is 1. The van der Waals surface area contributed by atoms with E-state index in [1.54, 1.807) is 11.6 Å². The number of thioether (sulfide) groups is 2. The van der Waals surface area contributed by atoms with Crippen molar-refractivity contribution in [3.8, 4) is 0 Å². The zero-order valence-electron chi connectivity index (χ0n) is 16.3. The van der Waals surface area contributed by atoms with Gasteiger partial charge in [-0.1, -0.05) is 9.64 Å². The number of carbonyl (C=O) groups excluding carboxylic acids is 2. The second-order valence-electron chi connectivity index (χ2n) is 6.34. The lowest BCUT2D eigenvalue weighted by atomic mass is 10.0. The van der Waals surface area contributed by atoms with Crippen LogP contribution < -0.4 is 11.1 Å². The zero-order valence-corrected chi connectivity index (χ0v) is 19.5. The Labute approximate surface area is 197 Å². The van der Waals surface area contributed by atoms with Crippen molar-refractivity contribution in [2.45, 2.75) is 15.6 Å². The number of carboxylic acid groups (broad SMARTS) is 1. The van der Waals surface area contributed by atoms with E-state index in [1.165, 1.54) is 47.1 Å². The van der Waals surface area contributed by atoms with Crippen molar-refractivity contribution in [3.05, 3.63) is 28.5 Å². The number of rotatable bonds is 8. The molecule has 168 valence electrons. The van der Waals surface area contributed by atoms with Crippen molar-refractivity contribution in [1.82, 2.24) is 24.8 Å². The lowest BCUT2D eigenvalue weighted by Gasteiger charge is -2.49. The van der Waals surface area contributed by atoms with Gasteiger partial charge in [-0.05, 0) is 17.1 Å². The number of aliphatic carboxylic acids is 1. The van der Waals surface area contributed by atoms with Crippen molar-refractivity contribution in [3.63, 3.8) is 0 Å². The first-order valence-electron chi connectivity index (χ1n) is 8.84. The highest BCUT2D eigenvalue weighted by molar-refractivity contribution is 8.01. The number of hydrogen-bond acceptors (Lipinski definition) is 13. The molecule has 1 saturated heterocycles. The zero-order chi connectivity index (χ0) is 22.8. The summed E-state index contributed by atoms with van der Waals surface area (Å²) in [7, 11) is 1.28. The summed E-state index contributed by atoms with van der Waals surface area (Å²) in [6.45, 7) is 0. The van der Waals surface area contributed by atoms with E-state index < -0.39 is 29.2 Å². The van der Waals surface area contributed by atoms with Crippen LogP contribution in [0.4, 0.5) is 5.13 Å². The summed E-state index contributed by atoms with van der Waals surface area (Å²) in [4.78, 5) is 47.5. The Kier molecular flexibility index (Phi) is 6.63. The van der Waals surface area contributed by atoms with Crippen LogP contribution in [-0.2, 0) is 19.2 Å². The van der Waals surface area contributed by atoms with Gasteiger partial charge in [0.15, 0.2) is 10.8 Å². The van der Waals surface area contributed by atoms with Crippen LogP contribution in [0, 0.1) is 0 Å². The van der Waals surface area contributed by atoms with Gasteiger partial charge in [0.2, 0.25) is 0 Å². The topological polar surface area (TPSA) is 173 Å². The predicted molar refractivity (Wildman–Crippen MR) is 120 cm³/mol. The van der Waals surface area contributed by atoms with Gasteiger partial charge in [-0.25, -0.2) is 9.78 Å². The second-order valence-corrected chi connectivity index (χ2v) is 10.4. The van der Waals surface area contributed by atoms with Gasteiger partial charge in [-0.2, -0.15) is 0 Å². The molecular formula is C16H15N7O5S4. The van der Waals surface area contributed by atoms with Crippen LogP contribution in [0.3, 0.4) is 0 Å². The summed E-state index contributed by atoms with van der Waals surface area (Å²) in [6.07, 6.45) is 1.60. The number of carboxylic acids is 1. The Morgan fingerprint density at radius 3 is 2.94 bits per heavy atom. The largest absolute Gasteiger partial charge is 0.477 e. The summed E-state index contributed by atoms with van der Waals surface area (Å²) in [6, 6.07) is -0.903. The number of fused-ring (bicyclic) bond motifs is 1. The minimum absolute atomic E-state index is 0.0488. The molecule has 4 heterocycles. The van der Waals surface area contributed by atoms with Gasteiger partial charge in [0.25, 0.3) is 11.8 Å². The number of nitrogen functional groups attached to an aromatic ring is 1. The normalized spacial score (nSPS) is 20.6. The maximum atomic E-state index is 12.8. The van der Waals surface area contributed by atoms with E-state index in [0.29, 0.717) is 17.1 Å². The molecule has 2 aliphatic rings. The molecule has 16 heteroatoms. The van der Waals surface area contributed by atoms with Crippen LogP contribution in [0.25, 0.3) is 0 Å². The number of hydrogen-bond donors (Lipinski definition) is 3. The van der Waals surface area contributed by atoms with Crippen molar-refractivity contribution in [2.75, 3.05) is 24.3 Å². The van der Waals surface area contributed by atoms with Gasteiger partial charge in [-0.3, -0.25) is 14.5 Å². The molecule has 0 spiro atoms. The Bertz CT molecular complexity index is 1120. The van der Waals surface area contributed by atoms with Crippen molar-refractivity contribution in [2.24, 2.45) is 5.16 Å². The summed E-state index contributed by atoms with van der Waals surface area (Å²) in [5.41, 5.74) is 6.28. The van der Waals surface area contributed by atoms with Crippen LogP contribution in [0.1, 0.15) is 5.69 Å². The molecule has 2 amide bonds. The van der Waals surface area contributed by atoms with E-state index in [2.05, 4.69) is 25.0 Å². The molecule has 0 aliphatic carbocycles. The number of nitrogens with one attached hydrogen (secondary N) is 1. The highest BCUT2D eigenvalue weighted by Crippen LogP contribution is 2.41. The monoisotopic (exact) mass is 513 g/mol. The van der Waals surface area contributed by atoms with Gasteiger partial charge >= 0.3 is 5.97 Å². The van der Waals surface area contributed by atoms with E-state index >= 15 is 0 Å². The van der Waals surface area contributed by atoms with Gasteiger partial charge in [0, 0.05) is 16.9 Å². The number of thiazole rings is 1. The third kappa shape index (κ3) is 4.30. The van der Waals surface area contributed by atoms with Gasteiger partial charge in [-0.15, -0.1) is 40.0 Å². The molecule has 2 aromatic rings. The predicted octanol–water partition coefficient (Wildman–Crippen LogP) is 0.458. The van der Waals surface area contributed by atoms with Gasteiger partial charge < -0.3 is 21.0 Å². The highest BCUT2D eigenvalue weighted by atomic mass is 32.2. The molecule has 0 aromatic carbocycles. The molecular weight excluding hydrogens is 498 g/mol. The molecule has 2 aromatic heterocycles. The van der Waals surface area contributed by atoms with E-state index in [4.69, 9.17) is 10.6 Å². The van der Waals surface area contributed by atoms with Crippen LogP contribution in [-0.4, -0.2) is 78.1 Å². The van der Waals surface area contributed by atoms with Crippen LogP contribution >= 0.6 is 46.4 Å². The summed E-state index contributed by atoms with van der Waals surface area (Å²) in [5.74, 6) is -1.57. The first kappa shape index (κ1) is 22.5. The quantitative estimate of drug-likeness (QED) is 0.194. The molecule has 4 rings (SSSR count). The molecule has 2 aliphatic heterocycles. The third-order valence-electron chi connectivity index (χ3n) is 4.43. The minimum Gasteiger partial charge on any atom is -0.477 e. The Morgan fingerprint density at radius 1 is 1.50 bits per heavy atom. The number of carbonyl (C=O) groups is 3. The fourth-order valence-electron chi connectivity index (χ4n) is 3.08. The number of oxime groups is 1. The van der Waals surface area contributed by atoms with Crippen LogP contribution in [0.15, 0.2) is 32.2 Å². The molecule has 0 bridgehead atoms. The maximum absolute atomic E-state index is 12.8. The molecule has 32 heavy (non-hydrogen) atoms. The highest BCUT2D eigenvalue weighted by Gasteiger charge is 2.54. The summed E-state index contributed by atoms with van der Waals surface area (Å²) < 4.78 is 4.63. The lowest BCUT2D eigenvalue weighted by Crippen LogP contribution is -2.71. The molecule has 2 atom stereocenters. The average molecular weight is 514 g/mol. The average Bonchev–Trinajstić information content (AvgIpc) is 3.45. The first-order chi connectivity index (χ1) is 15.4. The van der Waals surface area contributed by atoms with Crippen molar-refractivity contribution in [1.29, 1.82) is 0 Å². The van der Waals surface area contributed by atoms with E-state index in [1.807, 2.05) is 0 Å². The van der Waals surface area contributed by atoms with E-state index in [-0.39, 0.29) is 22.2 Å². The molecule has 0 saturated carbocycles. The fraction of sp³-hybridized carbons (Fsp3) is 0.312. The first-order valence-corrected chi connectivity index (χ1v) is 12.5. The number of nitrogens with zero attached hydrogens (tertiary/aromatic N) is 5. The second kappa shape index (κ2) is 9.43. The van der Waals surface area contributed by atoms with Crippen molar-refractivity contribution < 1.29 is 24.3 Å². The molecule has 1 fully saturated rings. The molecule has 0 unspecified atom stereocenters. The van der Waals surface area contributed by atoms with E-state index in [0.717, 1.165) is 15.5 Å². The van der Waals surface area contributed by atoms with Gasteiger partial charge in [0.05, 0.1) is 6.20 Å². The van der Waals surface area contributed by atoms with Crippen LogP contribution in [0.5, 0.6) is 0 Å². The smallest absolute Gasteiger partial charge is 0.352 e. The molecule has 0 radical (unpaired) electrons. The van der Waals surface area contributed by atoms with Crippen LogP contribution in [0.2, 0.25) is 0 Å². The number of aromatic nitrogens is 3. The number of nitrogens with two attached hydrogens (primary N) is 1. The lowest BCUT2D eigenvalue weighted by molar-refractivity contribution is -0.150. The Balaban J connectivity index is 1.49. The third-order valence-corrected chi connectivity index (χ3v) is 8.36. The standard InChI is InChI=1S/C16H15N7O5S4/c1-28-21-9(7-5-31-16(17)19-7)12(24)20-10-13(25)23-11(15(26)27)6(4-30-14(10)23)3-29-8-2-18-22-32-8/h2,5,10,14H,3-4H2,1H3,(H2,17,19)(H,20,24)(H,26,27)/b21-9+/t10-,14+/m0/s1. The Morgan fingerprint density at radius 2 is 2.31 bits per heavy atom. The van der Waals surface area contributed by atoms with E-state index in [9.17, 15) is 19.5 Å².